The average molecular weight is 485 g/mol. The molecule has 0 fully saturated rings. The van der Waals surface area contributed by atoms with Crippen molar-refractivity contribution in [3.05, 3.63) is 121 Å². The zero-order chi connectivity index (χ0) is 24.8. The van der Waals surface area contributed by atoms with Crippen LogP contribution in [0.25, 0.3) is 81.9 Å². The molecule has 3 heteroatoms. The molecule has 3 aromatic heterocycles. The van der Waals surface area contributed by atoms with Crippen molar-refractivity contribution in [2.75, 3.05) is 0 Å². The minimum atomic E-state index is 0.917. The van der Waals surface area contributed by atoms with Gasteiger partial charge in [-0.25, -0.2) is 4.98 Å². The molecule has 38 heavy (non-hydrogen) atoms. The molecular formula is C35H20N2O. The van der Waals surface area contributed by atoms with Crippen molar-refractivity contribution in [2.24, 2.45) is 0 Å². The largest absolute Gasteiger partial charge is 0.456 e. The first-order valence-corrected chi connectivity index (χ1v) is 12.9. The van der Waals surface area contributed by atoms with Crippen LogP contribution in [0, 0.1) is 0 Å². The van der Waals surface area contributed by atoms with Gasteiger partial charge in [0.05, 0.1) is 11.0 Å². The van der Waals surface area contributed by atoms with Crippen LogP contribution in [0.15, 0.2) is 126 Å². The van der Waals surface area contributed by atoms with Crippen LogP contribution in [0.2, 0.25) is 0 Å². The van der Waals surface area contributed by atoms with Crippen molar-refractivity contribution in [1.82, 2.24) is 9.55 Å². The van der Waals surface area contributed by atoms with Gasteiger partial charge in [0.15, 0.2) is 0 Å². The summed E-state index contributed by atoms with van der Waals surface area (Å²) in [7, 11) is 0. The van der Waals surface area contributed by atoms with E-state index in [2.05, 4.69) is 95.6 Å². The SMILES string of the molecule is c1ccc(-n2c3ccccc3c3cc4c5ccccc5c5cc6c(cc5c4cc32)oc2ccccc26)nc1. The maximum atomic E-state index is 6.33. The predicted octanol–water partition coefficient (Wildman–Crippen LogP) is 9.54. The molecule has 176 valence electrons. The van der Waals surface area contributed by atoms with E-state index in [-0.39, 0.29) is 0 Å². The minimum absolute atomic E-state index is 0.917. The van der Waals surface area contributed by atoms with Crippen LogP contribution in [0.1, 0.15) is 0 Å². The van der Waals surface area contributed by atoms with E-state index in [1.165, 1.54) is 43.1 Å². The Bertz CT molecular complexity index is 2390. The number of pyridine rings is 1. The molecule has 0 amide bonds. The number of hydrogen-bond donors (Lipinski definition) is 0. The Labute approximate surface area is 217 Å². The normalized spacial score (nSPS) is 12.2. The van der Waals surface area contributed by atoms with Crippen molar-refractivity contribution < 1.29 is 4.42 Å². The molecule has 0 bridgehead atoms. The Morgan fingerprint density at radius 3 is 1.84 bits per heavy atom. The summed E-state index contributed by atoms with van der Waals surface area (Å²) in [4.78, 5) is 4.73. The molecule has 3 nitrogen and oxygen atoms in total. The molecule has 0 saturated heterocycles. The highest BCUT2D eigenvalue weighted by Crippen LogP contribution is 2.43. The van der Waals surface area contributed by atoms with Gasteiger partial charge in [0.1, 0.15) is 17.0 Å². The highest BCUT2D eigenvalue weighted by atomic mass is 16.3. The van der Waals surface area contributed by atoms with Gasteiger partial charge in [0, 0.05) is 27.7 Å². The molecule has 0 spiro atoms. The van der Waals surface area contributed by atoms with E-state index in [1.54, 1.807) is 0 Å². The molecule has 0 radical (unpaired) electrons. The van der Waals surface area contributed by atoms with Gasteiger partial charge in [0.2, 0.25) is 0 Å². The monoisotopic (exact) mass is 484 g/mol. The molecule has 9 rings (SSSR count). The number of rotatable bonds is 1. The van der Waals surface area contributed by atoms with Crippen molar-refractivity contribution in [3.63, 3.8) is 0 Å². The summed E-state index contributed by atoms with van der Waals surface area (Å²) < 4.78 is 8.62. The van der Waals surface area contributed by atoms with E-state index in [0.717, 1.165) is 38.8 Å². The Morgan fingerprint density at radius 2 is 1.05 bits per heavy atom. The van der Waals surface area contributed by atoms with Crippen LogP contribution in [-0.2, 0) is 0 Å². The van der Waals surface area contributed by atoms with Crippen LogP contribution < -0.4 is 0 Å². The highest BCUT2D eigenvalue weighted by molar-refractivity contribution is 6.30. The summed E-state index contributed by atoms with van der Waals surface area (Å²) in [5, 5.41) is 12.2. The van der Waals surface area contributed by atoms with Gasteiger partial charge in [-0.3, -0.25) is 4.57 Å². The van der Waals surface area contributed by atoms with Crippen molar-refractivity contribution >= 4 is 76.1 Å². The van der Waals surface area contributed by atoms with Crippen LogP contribution in [0.4, 0.5) is 0 Å². The summed E-state index contributed by atoms with van der Waals surface area (Å²) in [6.07, 6.45) is 1.86. The van der Waals surface area contributed by atoms with Gasteiger partial charge in [0.25, 0.3) is 0 Å². The molecule has 0 aliphatic carbocycles. The number of nitrogens with zero attached hydrogens (tertiary/aromatic N) is 2. The lowest BCUT2D eigenvalue weighted by molar-refractivity contribution is 0.669. The van der Waals surface area contributed by atoms with E-state index in [1.807, 2.05) is 30.5 Å². The third-order valence-electron chi connectivity index (χ3n) is 8.00. The molecule has 6 aromatic carbocycles. The van der Waals surface area contributed by atoms with Crippen LogP contribution in [-0.4, -0.2) is 9.55 Å². The first-order valence-electron chi connectivity index (χ1n) is 12.9. The Balaban J connectivity index is 1.54. The second-order valence-corrected chi connectivity index (χ2v) is 9.99. The maximum absolute atomic E-state index is 6.33. The topological polar surface area (TPSA) is 31.0 Å². The maximum Gasteiger partial charge on any atom is 0.137 e. The zero-order valence-electron chi connectivity index (χ0n) is 20.3. The number of hydrogen-bond acceptors (Lipinski definition) is 2. The molecule has 0 aliphatic rings. The lowest BCUT2D eigenvalue weighted by atomic mass is 9.92. The Kier molecular flexibility index (Phi) is 3.79. The lowest BCUT2D eigenvalue weighted by Crippen LogP contribution is -1.96. The van der Waals surface area contributed by atoms with Gasteiger partial charge in [-0.05, 0) is 80.8 Å². The van der Waals surface area contributed by atoms with E-state index in [9.17, 15) is 0 Å². The highest BCUT2D eigenvalue weighted by Gasteiger charge is 2.18. The minimum Gasteiger partial charge on any atom is -0.456 e. The first-order chi connectivity index (χ1) is 18.8. The van der Waals surface area contributed by atoms with Crippen LogP contribution in [0.5, 0.6) is 0 Å². The molecule has 0 atom stereocenters. The number of aromatic nitrogens is 2. The third kappa shape index (κ3) is 2.55. The number of benzene rings is 6. The van der Waals surface area contributed by atoms with E-state index in [4.69, 9.17) is 9.40 Å². The first kappa shape index (κ1) is 20.0. The second-order valence-electron chi connectivity index (χ2n) is 9.99. The molecule has 0 N–H and O–H groups in total. The van der Waals surface area contributed by atoms with Gasteiger partial charge in [-0.2, -0.15) is 0 Å². The van der Waals surface area contributed by atoms with Gasteiger partial charge >= 0.3 is 0 Å². The van der Waals surface area contributed by atoms with E-state index in [0.29, 0.717) is 0 Å². The summed E-state index contributed by atoms with van der Waals surface area (Å²) in [6.45, 7) is 0. The fraction of sp³-hybridized carbons (Fsp3) is 0. The molecule has 0 unspecified atom stereocenters. The quantitative estimate of drug-likeness (QED) is 0.217. The molecule has 9 aromatic rings. The fourth-order valence-corrected chi connectivity index (χ4v) is 6.36. The van der Waals surface area contributed by atoms with Crippen molar-refractivity contribution in [3.8, 4) is 5.82 Å². The molecule has 3 heterocycles. The third-order valence-corrected chi connectivity index (χ3v) is 8.00. The second kappa shape index (κ2) is 7.21. The standard InChI is InChI=1S/C35H20N2O/c1-2-10-22-21(9-1)25-17-29-23-11-3-5-13-31(23)37(35-15-7-8-16-36-35)32(29)19-27(25)28-20-34-30(18-26(22)28)24-12-4-6-14-33(24)38-34/h1-20H. The lowest BCUT2D eigenvalue weighted by Gasteiger charge is -2.12. The average Bonchev–Trinajstić information content (AvgIpc) is 3.51. The summed E-state index contributed by atoms with van der Waals surface area (Å²) in [5.41, 5.74) is 4.15. The zero-order valence-corrected chi connectivity index (χ0v) is 20.3. The van der Waals surface area contributed by atoms with Gasteiger partial charge < -0.3 is 4.42 Å². The summed E-state index contributed by atoms with van der Waals surface area (Å²) in [5.74, 6) is 0.919. The van der Waals surface area contributed by atoms with E-state index >= 15 is 0 Å². The van der Waals surface area contributed by atoms with Gasteiger partial charge in [-0.1, -0.05) is 66.7 Å². The fourth-order valence-electron chi connectivity index (χ4n) is 6.36. The predicted molar refractivity (Wildman–Crippen MR) is 158 cm³/mol. The Hall–Kier alpha value is -5.15. The molecule has 0 aliphatic heterocycles. The van der Waals surface area contributed by atoms with Crippen LogP contribution >= 0.6 is 0 Å². The number of fused-ring (bicyclic) bond motifs is 12. The van der Waals surface area contributed by atoms with Gasteiger partial charge in [-0.15, -0.1) is 0 Å². The van der Waals surface area contributed by atoms with E-state index < -0.39 is 0 Å². The Morgan fingerprint density at radius 1 is 0.421 bits per heavy atom. The van der Waals surface area contributed by atoms with Crippen molar-refractivity contribution in [1.29, 1.82) is 0 Å². The number of para-hydroxylation sites is 2. The van der Waals surface area contributed by atoms with Crippen molar-refractivity contribution in [2.45, 2.75) is 0 Å². The summed E-state index contributed by atoms with van der Waals surface area (Å²) >= 11 is 0. The molecule has 0 saturated carbocycles. The number of furan rings is 1. The smallest absolute Gasteiger partial charge is 0.137 e. The molecular weight excluding hydrogens is 464 g/mol. The summed E-state index contributed by atoms with van der Waals surface area (Å²) in [6, 6.07) is 41.0. The van der Waals surface area contributed by atoms with Crippen LogP contribution in [0.3, 0.4) is 0 Å².